The molecular formula is C15H14FIN2O2. The number of carbonyl (C=O) groups is 1. The summed E-state index contributed by atoms with van der Waals surface area (Å²) >= 11 is 2.05. The molecular weight excluding hydrogens is 386 g/mol. The SMILES string of the molecule is O=C(O)c1nn(-c2ccc(F)cc2I)c2c1CCCCC2. The van der Waals surface area contributed by atoms with Gasteiger partial charge in [0.15, 0.2) is 5.69 Å². The van der Waals surface area contributed by atoms with E-state index in [1.807, 2.05) is 0 Å². The van der Waals surface area contributed by atoms with Gasteiger partial charge in [-0.1, -0.05) is 6.42 Å². The van der Waals surface area contributed by atoms with E-state index in [9.17, 15) is 14.3 Å². The van der Waals surface area contributed by atoms with Crippen LogP contribution in [-0.4, -0.2) is 20.9 Å². The standard InChI is InChI=1S/C15H14FIN2O2/c16-9-6-7-13(11(17)8-9)19-12-5-3-1-2-4-10(12)14(18-19)15(20)21/h6-8H,1-5H2,(H,20,21). The summed E-state index contributed by atoms with van der Waals surface area (Å²) in [7, 11) is 0. The van der Waals surface area contributed by atoms with Gasteiger partial charge >= 0.3 is 5.97 Å². The first kappa shape index (κ1) is 14.5. The van der Waals surface area contributed by atoms with Crippen LogP contribution in [0, 0.1) is 9.39 Å². The maximum Gasteiger partial charge on any atom is 0.356 e. The summed E-state index contributed by atoms with van der Waals surface area (Å²) in [6, 6.07) is 4.46. The molecule has 2 aromatic rings. The van der Waals surface area contributed by atoms with Gasteiger partial charge in [-0.2, -0.15) is 5.10 Å². The number of hydrogen-bond acceptors (Lipinski definition) is 2. The van der Waals surface area contributed by atoms with Gasteiger partial charge in [0.2, 0.25) is 0 Å². The largest absolute Gasteiger partial charge is 0.476 e. The third kappa shape index (κ3) is 2.68. The number of fused-ring (bicyclic) bond motifs is 1. The first-order chi connectivity index (χ1) is 10.1. The van der Waals surface area contributed by atoms with Crippen LogP contribution in [0.15, 0.2) is 18.2 Å². The zero-order valence-electron chi connectivity index (χ0n) is 11.3. The van der Waals surface area contributed by atoms with E-state index in [0.29, 0.717) is 0 Å². The third-order valence-electron chi connectivity index (χ3n) is 3.77. The molecule has 6 heteroatoms. The highest BCUT2D eigenvalue weighted by atomic mass is 127. The molecule has 3 rings (SSSR count). The van der Waals surface area contributed by atoms with Crippen molar-refractivity contribution in [2.75, 3.05) is 0 Å². The Balaban J connectivity index is 2.20. The van der Waals surface area contributed by atoms with E-state index in [4.69, 9.17) is 0 Å². The van der Waals surface area contributed by atoms with Crippen molar-refractivity contribution < 1.29 is 14.3 Å². The Hall–Kier alpha value is -1.44. The minimum atomic E-state index is -0.996. The molecule has 0 saturated carbocycles. The molecule has 1 N–H and O–H groups in total. The number of halogens is 2. The highest BCUT2D eigenvalue weighted by Gasteiger charge is 2.25. The van der Waals surface area contributed by atoms with Gasteiger partial charge in [0.1, 0.15) is 5.82 Å². The fraction of sp³-hybridized carbons (Fsp3) is 0.333. The highest BCUT2D eigenvalue weighted by molar-refractivity contribution is 14.1. The third-order valence-corrected chi connectivity index (χ3v) is 4.63. The van der Waals surface area contributed by atoms with Crippen LogP contribution < -0.4 is 0 Å². The summed E-state index contributed by atoms with van der Waals surface area (Å²) in [6.07, 6.45) is 4.65. The lowest BCUT2D eigenvalue weighted by atomic mass is 10.1. The van der Waals surface area contributed by atoms with Crippen LogP contribution in [0.4, 0.5) is 4.39 Å². The van der Waals surface area contributed by atoms with E-state index < -0.39 is 5.97 Å². The molecule has 0 atom stereocenters. The van der Waals surface area contributed by atoms with Gasteiger partial charge in [0.05, 0.1) is 5.69 Å². The molecule has 0 unspecified atom stereocenters. The fourth-order valence-corrected chi connectivity index (χ4v) is 3.51. The van der Waals surface area contributed by atoms with Crippen molar-refractivity contribution >= 4 is 28.6 Å². The fourth-order valence-electron chi connectivity index (χ4n) is 2.80. The van der Waals surface area contributed by atoms with Crippen molar-refractivity contribution in [3.8, 4) is 5.69 Å². The molecule has 1 heterocycles. The van der Waals surface area contributed by atoms with E-state index in [1.54, 1.807) is 10.7 Å². The second-order valence-electron chi connectivity index (χ2n) is 5.15. The van der Waals surface area contributed by atoms with Crippen LogP contribution in [0.25, 0.3) is 5.69 Å². The first-order valence-electron chi connectivity index (χ1n) is 6.87. The molecule has 1 aromatic carbocycles. The second-order valence-corrected chi connectivity index (χ2v) is 6.31. The van der Waals surface area contributed by atoms with E-state index in [0.717, 1.165) is 52.6 Å². The Bertz CT molecular complexity index is 712. The van der Waals surface area contributed by atoms with E-state index in [2.05, 4.69) is 27.7 Å². The van der Waals surface area contributed by atoms with Gasteiger partial charge in [-0.15, -0.1) is 0 Å². The molecule has 0 saturated heterocycles. The number of rotatable bonds is 2. The molecule has 0 aliphatic heterocycles. The van der Waals surface area contributed by atoms with Crippen molar-refractivity contribution in [3.63, 3.8) is 0 Å². The smallest absolute Gasteiger partial charge is 0.356 e. The van der Waals surface area contributed by atoms with Gasteiger partial charge in [-0.05, 0) is 66.5 Å². The Morgan fingerprint density at radius 3 is 2.76 bits per heavy atom. The molecule has 0 spiro atoms. The molecule has 1 aromatic heterocycles. The number of nitrogens with zero attached hydrogens (tertiary/aromatic N) is 2. The average molecular weight is 400 g/mol. The summed E-state index contributed by atoms with van der Waals surface area (Å²) in [5.74, 6) is -1.30. The number of aromatic carboxylic acids is 1. The summed E-state index contributed by atoms with van der Waals surface area (Å²) < 4.78 is 15.7. The van der Waals surface area contributed by atoms with Crippen LogP contribution in [0.2, 0.25) is 0 Å². The van der Waals surface area contributed by atoms with Crippen LogP contribution in [0.3, 0.4) is 0 Å². The second kappa shape index (κ2) is 5.75. The van der Waals surface area contributed by atoms with Crippen LogP contribution in [0.5, 0.6) is 0 Å². The molecule has 110 valence electrons. The van der Waals surface area contributed by atoms with Gasteiger partial charge in [0, 0.05) is 14.8 Å². The number of benzene rings is 1. The summed E-state index contributed by atoms with van der Waals surface area (Å²) in [4.78, 5) is 11.4. The topological polar surface area (TPSA) is 55.1 Å². The van der Waals surface area contributed by atoms with Gasteiger partial charge < -0.3 is 5.11 Å². The molecule has 0 radical (unpaired) electrons. The monoisotopic (exact) mass is 400 g/mol. The van der Waals surface area contributed by atoms with Gasteiger partial charge in [-0.25, -0.2) is 13.9 Å². The number of carboxylic acid groups (broad SMARTS) is 1. The molecule has 0 bridgehead atoms. The van der Waals surface area contributed by atoms with Gasteiger partial charge in [0.25, 0.3) is 0 Å². The number of carboxylic acids is 1. The number of aromatic nitrogens is 2. The lowest BCUT2D eigenvalue weighted by Gasteiger charge is -2.09. The Kier molecular flexibility index (Phi) is 3.97. The molecule has 0 fully saturated rings. The van der Waals surface area contributed by atoms with Crippen molar-refractivity contribution in [3.05, 3.63) is 44.5 Å². The first-order valence-corrected chi connectivity index (χ1v) is 7.95. The summed E-state index contributed by atoms with van der Waals surface area (Å²) in [6.45, 7) is 0. The zero-order chi connectivity index (χ0) is 15.0. The van der Waals surface area contributed by atoms with Crippen LogP contribution >= 0.6 is 22.6 Å². The summed E-state index contributed by atoms with van der Waals surface area (Å²) in [5.41, 5.74) is 2.66. The van der Waals surface area contributed by atoms with Crippen molar-refractivity contribution in [2.24, 2.45) is 0 Å². The Morgan fingerprint density at radius 2 is 2.05 bits per heavy atom. The molecule has 1 aliphatic rings. The van der Waals surface area contributed by atoms with Gasteiger partial charge in [-0.3, -0.25) is 0 Å². The van der Waals surface area contributed by atoms with Crippen LogP contribution in [-0.2, 0) is 12.8 Å². The summed E-state index contributed by atoms with van der Waals surface area (Å²) in [5, 5.41) is 13.7. The minimum absolute atomic E-state index is 0.132. The zero-order valence-corrected chi connectivity index (χ0v) is 13.4. The predicted octanol–water partition coefficient (Wildman–Crippen LogP) is 3.58. The maximum absolute atomic E-state index is 13.3. The van der Waals surface area contributed by atoms with Crippen molar-refractivity contribution in [2.45, 2.75) is 32.1 Å². The van der Waals surface area contributed by atoms with Crippen molar-refractivity contribution in [1.29, 1.82) is 0 Å². The quantitative estimate of drug-likeness (QED) is 0.620. The molecule has 4 nitrogen and oxygen atoms in total. The minimum Gasteiger partial charge on any atom is -0.476 e. The Morgan fingerprint density at radius 1 is 1.29 bits per heavy atom. The maximum atomic E-state index is 13.3. The molecule has 1 aliphatic carbocycles. The lowest BCUT2D eigenvalue weighted by Crippen LogP contribution is -2.06. The Labute approximate surface area is 135 Å². The average Bonchev–Trinajstić information content (AvgIpc) is 2.63. The molecule has 21 heavy (non-hydrogen) atoms. The predicted molar refractivity (Wildman–Crippen MR) is 84.5 cm³/mol. The number of hydrogen-bond donors (Lipinski definition) is 1. The molecule has 0 amide bonds. The van der Waals surface area contributed by atoms with E-state index >= 15 is 0 Å². The lowest BCUT2D eigenvalue weighted by molar-refractivity contribution is 0.0688. The van der Waals surface area contributed by atoms with Crippen molar-refractivity contribution in [1.82, 2.24) is 9.78 Å². The van der Waals surface area contributed by atoms with E-state index in [-0.39, 0.29) is 11.5 Å². The highest BCUT2D eigenvalue weighted by Crippen LogP contribution is 2.28. The van der Waals surface area contributed by atoms with Crippen LogP contribution in [0.1, 0.15) is 41.0 Å². The normalized spacial score (nSPS) is 14.6. The van der Waals surface area contributed by atoms with E-state index in [1.165, 1.54) is 12.1 Å².